The van der Waals surface area contributed by atoms with Crippen LogP contribution in [-0.2, 0) is 0 Å². The van der Waals surface area contributed by atoms with Crippen LogP contribution in [0.2, 0.25) is 0 Å². The van der Waals surface area contributed by atoms with Crippen LogP contribution in [0.4, 0.5) is 43.9 Å². The Labute approximate surface area is 320 Å². The molecule has 2 aliphatic rings. The van der Waals surface area contributed by atoms with Crippen LogP contribution < -0.4 is 0 Å². The predicted molar refractivity (Wildman–Crippen MR) is 200 cm³/mol. The maximum atomic E-state index is 15.8. The first-order valence-electron chi connectivity index (χ1n) is 17.2. The highest BCUT2D eigenvalue weighted by molar-refractivity contribution is 6.00. The standard InChI is InChI=1S/C44H20F10N4/c45-35-33(36(46)40(50)43(53)39(35)49)31-25-15-11-21(55-25)29(19-7-3-1-4-8-19)22-12-16-26(56-22)32(34-37(47)41(51)44(54)42(52)38(34)48)28-18-14-24(58-28)30(20-9-5-2-6-10-20)23-13-17-27(31)57-23/h1-18,55,57H. The van der Waals surface area contributed by atoms with Crippen LogP contribution in [0.1, 0.15) is 22.8 Å². The lowest BCUT2D eigenvalue weighted by Crippen LogP contribution is -2.06. The quantitative estimate of drug-likeness (QED) is 0.106. The Bertz CT molecular complexity index is 2920. The van der Waals surface area contributed by atoms with Crippen molar-refractivity contribution in [2.45, 2.75) is 0 Å². The molecule has 286 valence electrons. The number of aromatic nitrogens is 4. The van der Waals surface area contributed by atoms with Crippen molar-refractivity contribution in [1.29, 1.82) is 0 Å². The molecule has 7 aromatic rings. The Morgan fingerprint density at radius 2 is 0.552 bits per heavy atom. The molecule has 2 N–H and O–H groups in total. The van der Waals surface area contributed by atoms with Gasteiger partial charge in [-0.15, -0.1) is 0 Å². The van der Waals surface area contributed by atoms with Crippen LogP contribution in [0.15, 0.2) is 84.9 Å². The fourth-order valence-corrected chi connectivity index (χ4v) is 7.20. The zero-order chi connectivity index (χ0) is 40.6. The summed E-state index contributed by atoms with van der Waals surface area (Å²) in [5.41, 5.74) is -2.16. The van der Waals surface area contributed by atoms with Gasteiger partial charge >= 0.3 is 0 Å². The molecular formula is C44H20F10N4. The third-order valence-corrected chi connectivity index (χ3v) is 9.80. The van der Waals surface area contributed by atoms with E-state index in [4.69, 9.17) is 0 Å². The molecule has 3 aromatic heterocycles. The van der Waals surface area contributed by atoms with E-state index in [-0.39, 0.29) is 56.0 Å². The second-order valence-electron chi connectivity index (χ2n) is 13.1. The van der Waals surface area contributed by atoms with Gasteiger partial charge in [0.05, 0.1) is 33.9 Å². The third kappa shape index (κ3) is 5.62. The fourth-order valence-electron chi connectivity index (χ4n) is 7.20. The van der Waals surface area contributed by atoms with Gasteiger partial charge in [0.15, 0.2) is 46.5 Å². The average molecular weight is 795 g/mol. The molecule has 4 nitrogen and oxygen atoms in total. The lowest BCUT2D eigenvalue weighted by atomic mass is 10.00. The molecular weight excluding hydrogens is 774 g/mol. The van der Waals surface area contributed by atoms with Crippen molar-refractivity contribution in [1.82, 2.24) is 19.9 Å². The minimum absolute atomic E-state index is 0.0892. The van der Waals surface area contributed by atoms with Crippen LogP contribution in [0.5, 0.6) is 0 Å². The molecule has 0 spiro atoms. The van der Waals surface area contributed by atoms with E-state index in [2.05, 4.69) is 19.9 Å². The predicted octanol–water partition coefficient (Wildman–Crippen LogP) is 12.7. The summed E-state index contributed by atoms with van der Waals surface area (Å²) < 4.78 is 151. The molecule has 58 heavy (non-hydrogen) atoms. The van der Waals surface area contributed by atoms with Gasteiger partial charge in [-0.1, -0.05) is 60.7 Å². The normalized spacial score (nSPS) is 12.2. The number of halogens is 10. The van der Waals surface area contributed by atoms with Gasteiger partial charge in [0.1, 0.15) is 0 Å². The maximum absolute atomic E-state index is 15.8. The number of hydrogen-bond donors (Lipinski definition) is 2. The smallest absolute Gasteiger partial charge is 0.200 e. The number of rotatable bonds is 4. The van der Waals surface area contributed by atoms with E-state index < -0.39 is 80.4 Å². The topological polar surface area (TPSA) is 57.4 Å². The number of H-pyrrole nitrogens is 2. The molecule has 14 heteroatoms. The first kappa shape index (κ1) is 36.4. The fraction of sp³-hybridized carbons (Fsp3) is 0. The van der Waals surface area contributed by atoms with Gasteiger partial charge in [-0.05, 0) is 59.7 Å². The van der Waals surface area contributed by atoms with E-state index in [1.165, 1.54) is 48.6 Å². The van der Waals surface area contributed by atoms with Gasteiger partial charge in [-0.2, -0.15) is 0 Å². The Balaban J connectivity index is 1.53. The molecule has 4 aromatic carbocycles. The van der Waals surface area contributed by atoms with Crippen molar-refractivity contribution in [2.75, 3.05) is 0 Å². The Morgan fingerprint density at radius 1 is 0.276 bits per heavy atom. The molecule has 0 fully saturated rings. The number of nitrogens with zero attached hydrogens (tertiary/aromatic N) is 2. The van der Waals surface area contributed by atoms with Gasteiger partial charge in [0.2, 0.25) is 11.6 Å². The Hall–Kier alpha value is -7.22. The number of benzene rings is 4. The van der Waals surface area contributed by atoms with Crippen LogP contribution in [-0.4, -0.2) is 19.9 Å². The first-order valence-corrected chi connectivity index (χ1v) is 17.2. The molecule has 0 atom stereocenters. The second-order valence-corrected chi connectivity index (χ2v) is 13.1. The van der Waals surface area contributed by atoms with Gasteiger partial charge < -0.3 is 9.97 Å². The van der Waals surface area contributed by atoms with Crippen LogP contribution >= 0.6 is 0 Å². The molecule has 0 radical (unpaired) electrons. The van der Waals surface area contributed by atoms with E-state index in [0.29, 0.717) is 11.1 Å². The first-order chi connectivity index (χ1) is 27.9. The van der Waals surface area contributed by atoms with E-state index in [0.717, 1.165) is 0 Å². The van der Waals surface area contributed by atoms with Crippen molar-refractivity contribution in [3.05, 3.63) is 166 Å². The van der Waals surface area contributed by atoms with E-state index in [1.54, 1.807) is 60.7 Å². The zero-order valence-electron chi connectivity index (χ0n) is 29.1. The number of nitrogens with one attached hydrogen (secondary N) is 2. The summed E-state index contributed by atoms with van der Waals surface area (Å²) in [6, 6.07) is 22.4. The van der Waals surface area contributed by atoms with E-state index in [1.807, 2.05) is 0 Å². The van der Waals surface area contributed by atoms with E-state index >= 15 is 17.6 Å². The monoisotopic (exact) mass is 794 g/mol. The molecule has 8 bridgehead atoms. The minimum atomic E-state index is -2.36. The summed E-state index contributed by atoms with van der Waals surface area (Å²) in [5.74, 6) is -21.8. The SMILES string of the molecule is Fc1c(F)c(F)c(-c2c3nc(c(-c4ccccc4)c4ccc([nH]4)c(-c4c(F)c(F)c(F)c(F)c4F)c4ccc([nH]4)c(-c4ccccc4)c4nc2C=C4)C=C3)c(F)c1F. The Kier molecular flexibility index (Phi) is 8.64. The lowest BCUT2D eigenvalue weighted by molar-refractivity contribution is 0.381. The summed E-state index contributed by atoms with van der Waals surface area (Å²) in [6.45, 7) is 0. The van der Waals surface area contributed by atoms with Gasteiger partial charge in [0, 0.05) is 44.3 Å². The van der Waals surface area contributed by atoms with Crippen molar-refractivity contribution >= 4 is 46.4 Å². The summed E-state index contributed by atoms with van der Waals surface area (Å²) in [7, 11) is 0. The van der Waals surface area contributed by atoms with Crippen molar-refractivity contribution in [3.8, 4) is 44.5 Å². The molecule has 0 saturated carbocycles. The summed E-state index contributed by atoms with van der Waals surface area (Å²) in [6.07, 6.45) is 5.43. The van der Waals surface area contributed by atoms with Crippen molar-refractivity contribution < 1.29 is 43.9 Å². The van der Waals surface area contributed by atoms with Gasteiger partial charge in [0.25, 0.3) is 0 Å². The summed E-state index contributed by atoms with van der Waals surface area (Å²) >= 11 is 0. The molecule has 0 amide bonds. The van der Waals surface area contributed by atoms with Crippen molar-refractivity contribution in [2.24, 2.45) is 0 Å². The third-order valence-electron chi connectivity index (χ3n) is 9.80. The van der Waals surface area contributed by atoms with E-state index in [9.17, 15) is 26.3 Å². The van der Waals surface area contributed by atoms with Gasteiger partial charge in [-0.3, -0.25) is 0 Å². The minimum Gasteiger partial charge on any atom is -0.354 e. The molecule has 0 unspecified atom stereocenters. The molecule has 9 rings (SSSR count). The summed E-state index contributed by atoms with van der Waals surface area (Å²) in [5, 5.41) is 0. The van der Waals surface area contributed by atoms with Gasteiger partial charge in [-0.25, -0.2) is 53.9 Å². The highest BCUT2D eigenvalue weighted by Crippen LogP contribution is 2.42. The number of fused-ring (bicyclic) bond motifs is 8. The molecule has 0 saturated heterocycles. The van der Waals surface area contributed by atoms with Crippen LogP contribution in [0.25, 0.3) is 90.9 Å². The van der Waals surface area contributed by atoms with Crippen LogP contribution in [0, 0.1) is 58.2 Å². The lowest BCUT2D eigenvalue weighted by Gasteiger charge is -2.11. The number of aromatic amines is 2. The molecule has 0 aliphatic carbocycles. The van der Waals surface area contributed by atoms with Crippen LogP contribution in [0.3, 0.4) is 0 Å². The highest BCUT2D eigenvalue weighted by Gasteiger charge is 2.32. The Morgan fingerprint density at radius 3 is 0.897 bits per heavy atom. The zero-order valence-corrected chi connectivity index (χ0v) is 29.1. The number of hydrogen-bond acceptors (Lipinski definition) is 2. The molecule has 5 heterocycles. The summed E-state index contributed by atoms with van der Waals surface area (Å²) in [4.78, 5) is 15.3. The highest BCUT2D eigenvalue weighted by atomic mass is 19.2. The average Bonchev–Trinajstić information content (AvgIpc) is 4.09. The second kappa shape index (κ2) is 13.8. The largest absolute Gasteiger partial charge is 0.354 e. The maximum Gasteiger partial charge on any atom is 0.200 e. The van der Waals surface area contributed by atoms with Crippen molar-refractivity contribution in [3.63, 3.8) is 0 Å². The molecule has 2 aliphatic heterocycles.